The van der Waals surface area contributed by atoms with E-state index in [9.17, 15) is 29.1 Å². The van der Waals surface area contributed by atoms with E-state index in [1.54, 1.807) is 71.2 Å². The number of carbonyl (C=O) groups excluding carboxylic acids is 4. The predicted octanol–water partition coefficient (Wildman–Crippen LogP) is 6.17. The van der Waals surface area contributed by atoms with E-state index in [-0.39, 0.29) is 55.1 Å². The molecule has 4 heterocycles. The molecule has 0 fully saturated rings. The molecule has 6 rings (SSSR count). The smallest absolute Gasteiger partial charge is 0.408 e. The summed E-state index contributed by atoms with van der Waals surface area (Å²) in [4.78, 5) is 69.3. The Labute approximate surface area is 330 Å². The number of rotatable bonds is 11. The summed E-state index contributed by atoms with van der Waals surface area (Å²) in [6, 6.07) is 13.5. The van der Waals surface area contributed by atoms with Crippen LogP contribution in [0.15, 0.2) is 53.3 Å². The Morgan fingerprint density at radius 2 is 1.67 bits per heavy atom. The van der Waals surface area contributed by atoms with Crippen molar-refractivity contribution >= 4 is 40.5 Å². The number of aliphatic hydroxyl groups is 1. The average molecular weight is 783 g/mol. The molecule has 3 N–H and O–H groups in total. The molecule has 0 unspecified atom stereocenters. The van der Waals surface area contributed by atoms with E-state index in [2.05, 4.69) is 10.6 Å². The van der Waals surface area contributed by atoms with Gasteiger partial charge in [-0.15, -0.1) is 0 Å². The molecule has 2 aromatic heterocycles. The Bertz CT molecular complexity index is 2300. The second kappa shape index (κ2) is 15.6. The van der Waals surface area contributed by atoms with Gasteiger partial charge in [-0.3, -0.25) is 9.59 Å². The zero-order valence-corrected chi connectivity index (χ0v) is 33.7. The lowest BCUT2D eigenvalue weighted by atomic mass is 9.86. The predicted molar refractivity (Wildman–Crippen MR) is 212 cm³/mol. The largest absolute Gasteiger partial charge is 0.489 e. The van der Waals surface area contributed by atoms with E-state index in [1.807, 2.05) is 37.3 Å². The van der Waals surface area contributed by atoms with Crippen LogP contribution in [0.1, 0.15) is 102 Å². The van der Waals surface area contributed by atoms with Crippen molar-refractivity contribution in [3.8, 4) is 17.1 Å². The highest BCUT2D eigenvalue weighted by atomic mass is 16.6. The van der Waals surface area contributed by atoms with Gasteiger partial charge in [0.2, 0.25) is 5.91 Å². The van der Waals surface area contributed by atoms with E-state index >= 15 is 0 Å². The molecule has 14 nitrogen and oxygen atoms in total. The Hall–Kier alpha value is -5.76. The molecule has 0 saturated heterocycles. The molecule has 0 spiro atoms. The van der Waals surface area contributed by atoms with Crippen molar-refractivity contribution < 1.29 is 43.2 Å². The van der Waals surface area contributed by atoms with E-state index in [4.69, 9.17) is 23.9 Å². The SMILES string of the molecule is CCc1c2c(nc3ccc(OCc4ccc(NC(=O)CC[C@H](NC(=O)OC(C)(C)C)C(=O)OC(C)(C)C)cc4)cc13)-c1cc3c(c(=O)n1C2)COC(=O)[C@]3(O)CC. The molecule has 14 heteroatoms. The zero-order chi connectivity index (χ0) is 41.4. The normalized spacial score (nSPS) is 16.5. The summed E-state index contributed by atoms with van der Waals surface area (Å²) in [5.74, 6) is -1.14. The van der Waals surface area contributed by atoms with Crippen LogP contribution in [0.2, 0.25) is 0 Å². The number of nitrogens with one attached hydrogen (secondary N) is 2. The third-order valence-corrected chi connectivity index (χ3v) is 9.82. The van der Waals surface area contributed by atoms with Gasteiger partial charge >= 0.3 is 18.0 Å². The fourth-order valence-electron chi connectivity index (χ4n) is 7.06. The quantitative estimate of drug-likeness (QED) is 0.103. The number of carbonyl (C=O) groups is 4. The van der Waals surface area contributed by atoms with Gasteiger partial charge in [-0.25, -0.2) is 19.4 Å². The van der Waals surface area contributed by atoms with E-state index in [1.165, 1.54) is 0 Å². The molecular formula is C43H50N4O10. The van der Waals surface area contributed by atoms with Gasteiger partial charge in [0.05, 0.1) is 29.0 Å². The molecule has 302 valence electrons. The Morgan fingerprint density at radius 1 is 0.965 bits per heavy atom. The minimum atomic E-state index is -1.89. The fourth-order valence-corrected chi connectivity index (χ4v) is 7.06. The first-order chi connectivity index (χ1) is 26.8. The number of amides is 2. The number of benzene rings is 2. The molecule has 2 aliphatic heterocycles. The second-order valence-corrected chi connectivity index (χ2v) is 16.4. The molecule has 4 aromatic rings. The number of alkyl carbamates (subject to hydrolysis) is 1. The van der Waals surface area contributed by atoms with Crippen LogP contribution in [-0.4, -0.2) is 55.8 Å². The number of aromatic nitrogens is 2. The maximum Gasteiger partial charge on any atom is 0.408 e. The lowest BCUT2D eigenvalue weighted by molar-refractivity contribution is -0.172. The molecular weight excluding hydrogens is 732 g/mol. The van der Waals surface area contributed by atoms with Crippen molar-refractivity contribution in [2.45, 2.75) is 124 Å². The minimum Gasteiger partial charge on any atom is -0.489 e. The van der Waals surface area contributed by atoms with Gasteiger partial charge in [0.1, 0.15) is 36.2 Å². The Balaban J connectivity index is 1.11. The third kappa shape index (κ3) is 8.80. The van der Waals surface area contributed by atoms with Crippen LogP contribution >= 0.6 is 0 Å². The maximum atomic E-state index is 13.7. The molecule has 0 radical (unpaired) electrons. The monoisotopic (exact) mass is 782 g/mol. The Kier molecular flexibility index (Phi) is 11.2. The third-order valence-electron chi connectivity index (χ3n) is 9.82. The summed E-state index contributed by atoms with van der Waals surface area (Å²) in [6.07, 6.45) is -0.0994. The van der Waals surface area contributed by atoms with Crippen molar-refractivity contribution in [2.24, 2.45) is 0 Å². The first-order valence-corrected chi connectivity index (χ1v) is 19.2. The molecule has 0 saturated carbocycles. The highest BCUT2D eigenvalue weighted by Gasteiger charge is 2.45. The summed E-state index contributed by atoms with van der Waals surface area (Å²) < 4.78 is 23.8. The lowest BCUT2D eigenvalue weighted by Gasteiger charge is -2.31. The highest BCUT2D eigenvalue weighted by Crippen LogP contribution is 2.41. The van der Waals surface area contributed by atoms with E-state index in [0.29, 0.717) is 35.8 Å². The first-order valence-electron chi connectivity index (χ1n) is 19.2. The molecule has 2 aromatic carbocycles. The van der Waals surface area contributed by atoms with E-state index < -0.39 is 40.9 Å². The van der Waals surface area contributed by atoms with Gasteiger partial charge in [-0.05, 0) is 108 Å². The van der Waals surface area contributed by atoms with Crippen molar-refractivity contribution in [1.29, 1.82) is 0 Å². The molecule has 0 bridgehead atoms. The number of cyclic esters (lactones) is 1. The molecule has 2 amide bonds. The average Bonchev–Trinajstić information content (AvgIpc) is 3.50. The van der Waals surface area contributed by atoms with Crippen LogP contribution in [0.25, 0.3) is 22.3 Å². The van der Waals surface area contributed by atoms with Crippen molar-refractivity contribution in [2.75, 3.05) is 5.32 Å². The summed E-state index contributed by atoms with van der Waals surface area (Å²) in [6.45, 7) is 14.4. The Morgan fingerprint density at radius 3 is 2.32 bits per heavy atom. The highest BCUT2D eigenvalue weighted by molar-refractivity contribution is 5.92. The number of pyridine rings is 2. The summed E-state index contributed by atoms with van der Waals surface area (Å²) in [5.41, 5.74) is 2.08. The van der Waals surface area contributed by atoms with Gasteiger partial charge in [0.15, 0.2) is 5.60 Å². The molecule has 57 heavy (non-hydrogen) atoms. The maximum absolute atomic E-state index is 13.7. The number of nitrogens with zero attached hydrogens (tertiary/aromatic N) is 2. The summed E-state index contributed by atoms with van der Waals surface area (Å²) in [7, 11) is 0. The standard InChI is InChI=1S/C43H50N4O10/c1-9-27-28-19-26(15-16-32(28)45-36-29(27)21-47-34(36)20-31-30(37(47)49)23-55-39(51)43(31,53)10-2)54-22-24-11-13-25(14-12-24)44-35(48)18-17-33(38(50)56-41(3,4)5)46-40(52)57-42(6,7)8/h11-16,19-20,33,53H,9-10,17-18,21-23H2,1-8H3,(H,44,48)(H,46,52)/t33-,43-/m0/s1. The lowest BCUT2D eigenvalue weighted by Crippen LogP contribution is -2.46. The summed E-state index contributed by atoms with van der Waals surface area (Å²) >= 11 is 0. The van der Waals surface area contributed by atoms with Gasteiger partial charge < -0.3 is 39.3 Å². The van der Waals surface area contributed by atoms with E-state index in [0.717, 1.165) is 27.6 Å². The molecule has 2 aliphatic rings. The molecule has 0 aliphatic carbocycles. The van der Waals surface area contributed by atoms with Crippen LogP contribution in [0.3, 0.4) is 0 Å². The number of aryl methyl sites for hydroxylation is 1. The topological polar surface area (TPSA) is 184 Å². The van der Waals surface area contributed by atoms with Crippen LogP contribution in [0.4, 0.5) is 10.5 Å². The van der Waals surface area contributed by atoms with Crippen molar-refractivity contribution in [3.05, 3.63) is 86.7 Å². The van der Waals surface area contributed by atoms with Gasteiger partial charge in [-0.2, -0.15) is 0 Å². The number of esters is 2. The van der Waals surface area contributed by atoms with Crippen molar-refractivity contribution in [1.82, 2.24) is 14.9 Å². The number of ether oxygens (including phenoxy) is 4. The van der Waals surface area contributed by atoms with Crippen LogP contribution in [0, 0.1) is 0 Å². The van der Waals surface area contributed by atoms with Gasteiger partial charge in [0, 0.05) is 28.6 Å². The number of hydrogen-bond donors (Lipinski definition) is 3. The number of fused-ring (bicyclic) bond motifs is 5. The first kappa shape index (κ1) is 40.9. The summed E-state index contributed by atoms with van der Waals surface area (Å²) in [5, 5.41) is 17.5. The number of hydrogen-bond acceptors (Lipinski definition) is 11. The van der Waals surface area contributed by atoms with Crippen LogP contribution < -0.4 is 20.9 Å². The van der Waals surface area contributed by atoms with Crippen LogP contribution in [0.5, 0.6) is 5.75 Å². The van der Waals surface area contributed by atoms with Gasteiger partial charge in [0.25, 0.3) is 5.56 Å². The van der Waals surface area contributed by atoms with Crippen molar-refractivity contribution in [3.63, 3.8) is 0 Å². The molecule has 2 atom stereocenters. The fraction of sp³-hybridized carbons (Fsp3) is 0.442. The number of anilines is 1. The van der Waals surface area contributed by atoms with Crippen LogP contribution in [-0.2, 0) is 60.4 Å². The minimum absolute atomic E-state index is 0.00392. The second-order valence-electron chi connectivity index (χ2n) is 16.4. The van der Waals surface area contributed by atoms with Gasteiger partial charge in [-0.1, -0.05) is 26.0 Å². The zero-order valence-electron chi connectivity index (χ0n) is 33.7.